The zero-order chi connectivity index (χ0) is 30.0. The fraction of sp³-hybridized carbons (Fsp3) is 0.200. The fourth-order valence-corrected chi connectivity index (χ4v) is 2.85. The number of hydrogen-bond acceptors (Lipinski definition) is 11. The van der Waals surface area contributed by atoms with Gasteiger partial charge in [0.15, 0.2) is 12.2 Å². The summed E-state index contributed by atoms with van der Waals surface area (Å²) in [6.45, 7) is 12.7. The van der Waals surface area contributed by atoms with Crippen LogP contribution < -0.4 is 14.2 Å². The van der Waals surface area contributed by atoms with Gasteiger partial charge in [-0.05, 0) is 48.5 Å². The van der Waals surface area contributed by atoms with E-state index in [-0.39, 0.29) is 26.4 Å². The molecule has 0 fully saturated rings. The van der Waals surface area contributed by atoms with E-state index in [1.54, 1.807) is 48.5 Å². The first kappa shape index (κ1) is 31.9. The second-order valence-electron chi connectivity index (χ2n) is 7.86. The van der Waals surface area contributed by atoms with E-state index >= 15 is 0 Å². The summed E-state index contributed by atoms with van der Waals surface area (Å²) >= 11 is 0. The van der Waals surface area contributed by atoms with E-state index < -0.39 is 36.1 Å². The van der Waals surface area contributed by atoms with Crippen molar-refractivity contribution in [2.24, 2.45) is 0 Å². The molecule has 0 aliphatic heterocycles. The highest BCUT2D eigenvalue weighted by molar-refractivity contribution is 5.82. The number of rotatable bonds is 18. The van der Waals surface area contributed by atoms with Gasteiger partial charge in [0.05, 0.1) is 0 Å². The minimum atomic E-state index is -0.854. The van der Waals surface area contributed by atoms with E-state index in [1.165, 1.54) is 0 Å². The van der Waals surface area contributed by atoms with E-state index in [4.69, 9.17) is 33.2 Å². The minimum absolute atomic E-state index is 0.0734. The smallest absolute Gasteiger partial charge is 0.330 e. The maximum atomic E-state index is 11.5. The number of esters is 4. The van der Waals surface area contributed by atoms with Crippen LogP contribution in [0.25, 0.3) is 0 Å². The van der Waals surface area contributed by atoms with Crippen molar-refractivity contribution >= 4 is 23.9 Å². The molecule has 0 spiro atoms. The molecule has 2 rings (SSSR count). The van der Waals surface area contributed by atoms with Gasteiger partial charge in [-0.25, -0.2) is 19.2 Å². The Kier molecular flexibility index (Phi) is 13.5. The second-order valence-corrected chi connectivity index (χ2v) is 7.86. The van der Waals surface area contributed by atoms with Crippen LogP contribution in [0.2, 0.25) is 0 Å². The average Bonchev–Trinajstić information content (AvgIpc) is 3.00. The summed E-state index contributed by atoms with van der Waals surface area (Å²) in [6.07, 6.45) is 2.28. The molecule has 0 heterocycles. The third-order valence-corrected chi connectivity index (χ3v) is 4.81. The molecular formula is C30H30O11. The van der Waals surface area contributed by atoms with Gasteiger partial charge >= 0.3 is 23.9 Å². The lowest BCUT2D eigenvalue weighted by Gasteiger charge is -2.18. The molecule has 0 aliphatic rings. The molecule has 2 unspecified atom stereocenters. The van der Waals surface area contributed by atoms with Crippen molar-refractivity contribution in [3.8, 4) is 23.0 Å². The standard InChI is InChI=1S/C30H30O11/c1-5-27(31)37-19-25(40-29(33)7-3)17-35-21-9-13-23(14-10-21)39-24-15-11-22(12-16-24)36-18-26(41-30(34)8-4)20-38-28(32)6-2/h5-16,25-26H,1-4,17-20H2. The van der Waals surface area contributed by atoms with E-state index in [9.17, 15) is 19.2 Å². The summed E-state index contributed by atoms with van der Waals surface area (Å²) in [5, 5.41) is 0. The van der Waals surface area contributed by atoms with E-state index in [0.29, 0.717) is 23.0 Å². The van der Waals surface area contributed by atoms with Crippen LogP contribution in [0.5, 0.6) is 23.0 Å². The lowest BCUT2D eigenvalue weighted by atomic mass is 10.3. The van der Waals surface area contributed by atoms with Crippen molar-refractivity contribution in [1.82, 2.24) is 0 Å². The monoisotopic (exact) mass is 566 g/mol. The lowest BCUT2D eigenvalue weighted by molar-refractivity contribution is -0.154. The largest absolute Gasteiger partial charge is 0.490 e. The molecule has 0 saturated carbocycles. The first-order chi connectivity index (χ1) is 19.8. The zero-order valence-corrected chi connectivity index (χ0v) is 22.2. The maximum absolute atomic E-state index is 11.5. The van der Waals surface area contributed by atoms with Crippen LogP contribution in [0, 0.1) is 0 Å². The van der Waals surface area contributed by atoms with E-state index in [1.807, 2.05) is 0 Å². The van der Waals surface area contributed by atoms with Gasteiger partial charge in [0.2, 0.25) is 0 Å². The Morgan fingerprint density at radius 3 is 1.15 bits per heavy atom. The number of benzene rings is 2. The molecule has 0 aliphatic carbocycles. The molecule has 11 heteroatoms. The van der Waals surface area contributed by atoms with Crippen molar-refractivity contribution in [2.45, 2.75) is 12.2 Å². The molecule has 216 valence electrons. The predicted octanol–water partition coefficient (Wildman–Crippen LogP) is 3.89. The molecule has 0 bridgehead atoms. The number of hydrogen-bond donors (Lipinski definition) is 0. The molecule has 0 N–H and O–H groups in total. The number of carbonyl (C=O) groups is 4. The van der Waals surface area contributed by atoms with Crippen molar-refractivity contribution in [1.29, 1.82) is 0 Å². The van der Waals surface area contributed by atoms with Gasteiger partial charge in [-0.1, -0.05) is 26.3 Å². The van der Waals surface area contributed by atoms with E-state index in [0.717, 1.165) is 24.3 Å². The Hall–Kier alpha value is -5.32. The third-order valence-electron chi connectivity index (χ3n) is 4.81. The molecule has 2 atom stereocenters. The van der Waals surface area contributed by atoms with Gasteiger partial charge < -0.3 is 33.2 Å². The third kappa shape index (κ3) is 12.4. The molecule has 0 saturated heterocycles. The lowest BCUT2D eigenvalue weighted by Crippen LogP contribution is -2.30. The summed E-state index contributed by atoms with van der Waals surface area (Å²) in [6, 6.07) is 13.3. The van der Waals surface area contributed by atoms with Gasteiger partial charge in [-0.15, -0.1) is 0 Å². The van der Waals surface area contributed by atoms with Crippen molar-refractivity contribution in [3.63, 3.8) is 0 Å². The van der Waals surface area contributed by atoms with Gasteiger partial charge in [0, 0.05) is 24.3 Å². The van der Waals surface area contributed by atoms with Crippen LogP contribution in [0.3, 0.4) is 0 Å². The molecule has 0 radical (unpaired) electrons. The van der Waals surface area contributed by atoms with Gasteiger partial charge in [0.1, 0.15) is 49.4 Å². The summed E-state index contributed by atoms with van der Waals surface area (Å²) in [7, 11) is 0. The quantitative estimate of drug-likeness (QED) is 0.148. The van der Waals surface area contributed by atoms with Crippen LogP contribution in [0.4, 0.5) is 0 Å². The molecule has 0 amide bonds. The topological polar surface area (TPSA) is 133 Å². The van der Waals surface area contributed by atoms with Crippen molar-refractivity contribution in [3.05, 3.63) is 99.2 Å². The van der Waals surface area contributed by atoms with Crippen molar-refractivity contribution in [2.75, 3.05) is 26.4 Å². The Labute approximate surface area is 237 Å². The predicted molar refractivity (Wildman–Crippen MR) is 146 cm³/mol. The van der Waals surface area contributed by atoms with Gasteiger partial charge in [-0.2, -0.15) is 0 Å². The van der Waals surface area contributed by atoms with Crippen LogP contribution in [-0.4, -0.2) is 62.5 Å². The Morgan fingerprint density at radius 1 is 0.512 bits per heavy atom. The molecule has 11 nitrogen and oxygen atoms in total. The highest BCUT2D eigenvalue weighted by atomic mass is 16.6. The number of ether oxygens (including phenoxy) is 7. The average molecular weight is 567 g/mol. The van der Waals surface area contributed by atoms with Crippen LogP contribution in [0.1, 0.15) is 0 Å². The number of carbonyl (C=O) groups excluding carboxylic acids is 4. The molecule has 41 heavy (non-hydrogen) atoms. The summed E-state index contributed by atoms with van der Waals surface area (Å²) < 4.78 is 37.2. The summed E-state index contributed by atoms with van der Waals surface area (Å²) in [5.74, 6) is -0.729. The molecular weight excluding hydrogens is 536 g/mol. The van der Waals surface area contributed by atoms with Gasteiger partial charge in [-0.3, -0.25) is 0 Å². The molecule has 2 aromatic rings. The van der Waals surface area contributed by atoms with Crippen LogP contribution in [-0.2, 0) is 38.1 Å². The minimum Gasteiger partial charge on any atom is -0.490 e. The summed E-state index contributed by atoms with van der Waals surface area (Å²) in [4.78, 5) is 45.7. The highest BCUT2D eigenvalue weighted by Crippen LogP contribution is 2.26. The van der Waals surface area contributed by atoms with Gasteiger partial charge in [0.25, 0.3) is 0 Å². The first-order valence-corrected chi connectivity index (χ1v) is 12.1. The van der Waals surface area contributed by atoms with Crippen LogP contribution in [0.15, 0.2) is 99.2 Å². The second kappa shape index (κ2) is 17.3. The highest BCUT2D eigenvalue weighted by Gasteiger charge is 2.17. The normalized spacial score (nSPS) is 11.4. The first-order valence-electron chi connectivity index (χ1n) is 12.1. The van der Waals surface area contributed by atoms with Crippen molar-refractivity contribution < 1.29 is 52.3 Å². The van der Waals surface area contributed by atoms with Crippen LogP contribution >= 0.6 is 0 Å². The molecule has 2 aromatic carbocycles. The Balaban J connectivity index is 1.89. The summed E-state index contributed by atoms with van der Waals surface area (Å²) in [5.41, 5.74) is 0. The Morgan fingerprint density at radius 2 is 0.829 bits per heavy atom. The maximum Gasteiger partial charge on any atom is 0.330 e. The Bertz CT molecular complexity index is 1120. The fourth-order valence-electron chi connectivity index (χ4n) is 2.85. The zero-order valence-electron chi connectivity index (χ0n) is 22.2. The van der Waals surface area contributed by atoms with E-state index in [2.05, 4.69) is 26.3 Å². The SMILES string of the molecule is C=CC(=O)OCC(COc1ccc(Oc2ccc(OCC(COC(=O)C=C)OC(=O)C=C)cc2)cc1)OC(=O)C=C. The molecule has 0 aromatic heterocycles.